The third-order valence-corrected chi connectivity index (χ3v) is 3.52. The third-order valence-electron chi connectivity index (χ3n) is 3.52. The van der Waals surface area contributed by atoms with E-state index < -0.39 is 0 Å². The van der Waals surface area contributed by atoms with E-state index in [1.54, 1.807) is 26.0 Å². The van der Waals surface area contributed by atoms with Crippen LogP contribution >= 0.6 is 0 Å². The van der Waals surface area contributed by atoms with Crippen LogP contribution in [0.3, 0.4) is 0 Å². The first-order chi connectivity index (χ1) is 10.9. The van der Waals surface area contributed by atoms with Gasteiger partial charge in [-0.15, -0.1) is 0 Å². The van der Waals surface area contributed by atoms with Gasteiger partial charge in [0.1, 0.15) is 6.54 Å². The van der Waals surface area contributed by atoms with Gasteiger partial charge in [0.15, 0.2) is 0 Å². The van der Waals surface area contributed by atoms with Gasteiger partial charge in [-0.25, -0.2) is 0 Å². The molecule has 0 spiro atoms. The van der Waals surface area contributed by atoms with E-state index in [1.165, 1.54) is 4.68 Å². The van der Waals surface area contributed by atoms with Crippen LogP contribution in [0.4, 0.5) is 5.69 Å². The van der Waals surface area contributed by atoms with Gasteiger partial charge in [-0.3, -0.25) is 14.3 Å². The highest BCUT2D eigenvalue weighted by Gasteiger charge is 2.17. The minimum absolute atomic E-state index is 0.0287. The number of ether oxygens (including phenoxy) is 1. The molecule has 122 valence electrons. The third kappa shape index (κ3) is 3.97. The van der Waals surface area contributed by atoms with E-state index in [9.17, 15) is 9.59 Å². The molecule has 6 heteroatoms. The fourth-order valence-electron chi connectivity index (χ4n) is 2.25. The van der Waals surface area contributed by atoms with Gasteiger partial charge in [0.05, 0.1) is 23.7 Å². The number of nitrogens with one attached hydrogen (secondary N) is 1. The topological polar surface area (TPSA) is 73.2 Å². The summed E-state index contributed by atoms with van der Waals surface area (Å²) in [7, 11) is 0. The monoisotopic (exact) mass is 315 g/mol. The summed E-state index contributed by atoms with van der Waals surface area (Å²) in [5.74, 6) is -0.554. The molecule has 1 N–H and O–H groups in total. The Bertz CT molecular complexity index is 717. The molecule has 6 nitrogen and oxygen atoms in total. The van der Waals surface area contributed by atoms with Crippen LogP contribution in [-0.2, 0) is 16.1 Å². The number of benzene rings is 1. The molecule has 1 aromatic carbocycles. The molecule has 0 aliphatic rings. The number of hydrogen-bond donors (Lipinski definition) is 1. The maximum Gasteiger partial charge on any atom is 0.327 e. The van der Waals surface area contributed by atoms with Gasteiger partial charge in [-0.05, 0) is 39.8 Å². The van der Waals surface area contributed by atoms with E-state index in [2.05, 4.69) is 10.4 Å². The Labute approximate surface area is 135 Å². The van der Waals surface area contributed by atoms with Crippen LogP contribution in [-0.4, -0.2) is 28.3 Å². The molecule has 0 radical (unpaired) electrons. The average molecular weight is 315 g/mol. The molecule has 0 fully saturated rings. The van der Waals surface area contributed by atoms with Crippen molar-refractivity contribution >= 4 is 17.6 Å². The molecule has 2 aromatic rings. The van der Waals surface area contributed by atoms with E-state index in [0.717, 1.165) is 11.3 Å². The zero-order valence-electron chi connectivity index (χ0n) is 13.8. The van der Waals surface area contributed by atoms with Crippen molar-refractivity contribution in [3.05, 3.63) is 46.8 Å². The molecule has 2 rings (SSSR count). The molecule has 23 heavy (non-hydrogen) atoms. The molecular weight excluding hydrogens is 294 g/mol. The number of amides is 1. The molecule has 0 unspecified atom stereocenters. The van der Waals surface area contributed by atoms with Crippen LogP contribution in [0.5, 0.6) is 0 Å². The van der Waals surface area contributed by atoms with E-state index in [4.69, 9.17) is 4.74 Å². The quantitative estimate of drug-likeness (QED) is 0.861. The molecule has 1 aromatic heterocycles. The minimum Gasteiger partial charge on any atom is -0.465 e. The lowest BCUT2D eigenvalue weighted by molar-refractivity contribution is -0.144. The Kier molecular flexibility index (Phi) is 5.16. The lowest BCUT2D eigenvalue weighted by atomic mass is 10.1. The van der Waals surface area contributed by atoms with Crippen LogP contribution < -0.4 is 5.32 Å². The van der Waals surface area contributed by atoms with Crippen LogP contribution in [0.25, 0.3) is 0 Å². The Hall–Kier alpha value is -2.63. The number of anilines is 1. The van der Waals surface area contributed by atoms with Crippen molar-refractivity contribution in [2.45, 2.75) is 34.2 Å². The van der Waals surface area contributed by atoms with Crippen molar-refractivity contribution in [3.63, 3.8) is 0 Å². The number of hydrogen-bond acceptors (Lipinski definition) is 4. The summed E-state index contributed by atoms with van der Waals surface area (Å²) in [5.41, 5.74) is 3.67. The number of rotatable bonds is 5. The van der Waals surface area contributed by atoms with E-state index in [1.807, 2.05) is 26.0 Å². The molecule has 1 amide bonds. The van der Waals surface area contributed by atoms with E-state index in [-0.39, 0.29) is 18.4 Å². The summed E-state index contributed by atoms with van der Waals surface area (Å²) in [4.78, 5) is 23.9. The Balaban J connectivity index is 2.17. The summed E-state index contributed by atoms with van der Waals surface area (Å²) < 4.78 is 6.46. The first-order valence-corrected chi connectivity index (χ1v) is 7.50. The smallest absolute Gasteiger partial charge is 0.327 e. The summed E-state index contributed by atoms with van der Waals surface area (Å²) in [6, 6.07) is 7.33. The fraction of sp³-hybridized carbons (Fsp3) is 0.353. The van der Waals surface area contributed by atoms with E-state index >= 15 is 0 Å². The second-order valence-corrected chi connectivity index (χ2v) is 5.33. The Morgan fingerprint density at radius 3 is 2.43 bits per heavy atom. The van der Waals surface area contributed by atoms with Crippen molar-refractivity contribution in [3.8, 4) is 0 Å². The Morgan fingerprint density at radius 1 is 1.17 bits per heavy atom. The number of aryl methyl sites for hydroxylation is 2. The highest BCUT2D eigenvalue weighted by molar-refractivity contribution is 6.04. The van der Waals surface area contributed by atoms with Crippen LogP contribution in [0.1, 0.15) is 34.2 Å². The number of esters is 1. The second kappa shape index (κ2) is 7.09. The summed E-state index contributed by atoms with van der Waals surface area (Å²) >= 11 is 0. The van der Waals surface area contributed by atoms with Gasteiger partial charge in [-0.2, -0.15) is 5.10 Å². The van der Waals surface area contributed by atoms with Gasteiger partial charge in [0.25, 0.3) is 5.91 Å². The number of carbonyl (C=O) groups is 2. The van der Waals surface area contributed by atoms with Gasteiger partial charge in [0, 0.05) is 5.56 Å². The van der Waals surface area contributed by atoms with E-state index in [0.29, 0.717) is 23.6 Å². The highest BCUT2D eigenvalue weighted by Crippen LogP contribution is 2.20. The van der Waals surface area contributed by atoms with Crippen molar-refractivity contribution in [1.29, 1.82) is 0 Å². The molecule has 0 bridgehead atoms. The second-order valence-electron chi connectivity index (χ2n) is 5.33. The highest BCUT2D eigenvalue weighted by atomic mass is 16.5. The fourth-order valence-corrected chi connectivity index (χ4v) is 2.25. The first kappa shape index (κ1) is 16.7. The van der Waals surface area contributed by atoms with Gasteiger partial charge >= 0.3 is 5.97 Å². The van der Waals surface area contributed by atoms with Crippen molar-refractivity contribution < 1.29 is 14.3 Å². The predicted octanol–water partition coefficient (Wildman–Crippen LogP) is 2.62. The minimum atomic E-state index is -0.352. The zero-order valence-corrected chi connectivity index (χ0v) is 13.8. The SMILES string of the molecule is CCOC(=O)Cn1nc(C)c(NC(=O)c2ccc(C)cc2)c1C. The maximum absolute atomic E-state index is 12.3. The lowest BCUT2D eigenvalue weighted by Crippen LogP contribution is -2.16. The molecule has 0 atom stereocenters. The number of aromatic nitrogens is 2. The van der Waals surface area contributed by atoms with Crippen LogP contribution in [0, 0.1) is 20.8 Å². The number of carbonyl (C=O) groups excluding carboxylic acids is 2. The largest absolute Gasteiger partial charge is 0.465 e. The summed E-state index contributed by atoms with van der Waals surface area (Å²) in [5, 5.41) is 7.16. The first-order valence-electron chi connectivity index (χ1n) is 7.50. The Morgan fingerprint density at radius 2 is 1.83 bits per heavy atom. The molecule has 0 aliphatic carbocycles. The van der Waals surface area contributed by atoms with Crippen LogP contribution in [0.15, 0.2) is 24.3 Å². The van der Waals surface area contributed by atoms with Crippen molar-refractivity contribution in [1.82, 2.24) is 9.78 Å². The van der Waals surface area contributed by atoms with Crippen molar-refractivity contribution in [2.24, 2.45) is 0 Å². The molecule has 0 aliphatic heterocycles. The molecular formula is C17H21N3O3. The van der Waals surface area contributed by atoms with Gasteiger partial charge in [-0.1, -0.05) is 17.7 Å². The zero-order chi connectivity index (χ0) is 17.0. The lowest BCUT2D eigenvalue weighted by Gasteiger charge is -2.07. The molecule has 1 heterocycles. The average Bonchev–Trinajstić information content (AvgIpc) is 2.75. The van der Waals surface area contributed by atoms with Gasteiger partial charge in [0.2, 0.25) is 0 Å². The molecule has 0 saturated carbocycles. The predicted molar refractivity (Wildman–Crippen MR) is 87.5 cm³/mol. The summed E-state index contributed by atoms with van der Waals surface area (Å²) in [6.45, 7) is 7.68. The molecule has 0 saturated heterocycles. The van der Waals surface area contributed by atoms with Crippen molar-refractivity contribution in [2.75, 3.05) is 11.9 Å². The normalized spacial score (nSPS) is 10.4. The maximum atomic E-state index is 12.3. The summed E-state index contributed by atoms with van der Waals surface area (Å²) in [6.07, 6.45) is 0. The standard InChI is InChI=1S/C17H21N3O3/c1-5-23-15(21)10-20-13(4)16(12(3)19-20)18-17(22)14-8-6-11(2)7-9-14/h6-9H,5,10H2,1-4H3,(H,18,22). The number of nitrogens with zero attached hydrogens (tertiary/aromatic N) is 2. The van der Waals surface area contributed by atoms with Gasteiger partial charge < -0.3 is 10.1 Å². The van der Waals surface area contributed by atoms with Crippen LogP contribution in [0.2, 0.25) is 0 Å².